The minimum Gasteiger partial charge on any atom is -0.383 e. The number of thiazole rings is 1. The average molecular weight is 493 g/mol. The number of carbonyl (C=O) groups excluding carboxylic acids is 1. The first-order chi connectivity index (χ1) is 17.0. The zero-order valence-electron chi connectivity index (χ0n) is 20.3. The van der Waals surface area contributed by atoms with Crippen LogP contribution in [0.4, 0.5) is 16.6 Å². The van der Waals surface area contributed by atoms with Crippen LogP contribution >= 0.6 is 11.3 Å². The number of aryl methyl sites for hydroxylation is 1. The number of carbonyl (C=O) groups is 1. The molecule has 0 aliphatic carbocycles. The highest BCUT2D eigenvalue weighted by atomic mass is 32.1. The van der Waals surface area contributed by atoms with Crippen molar-refractivity contribution in [1.82, 2.24) is 19.8 Å². The molecule has 1 saturated heterocycles. The van der Waals surface area contributed by atoms with Gasteiger partial charge in [0, 0.05) is 68.7 Å². The summed E-state index contributed by atoms with van der Waals surface area (Å²) in [6, 6.07) is 11.9. The number of hydrogen-bond acceptors (Lipinski definition) is 8. The topological polar surface area (TPSA) is 82.6 Å². The third-order valence-electron chi connectivity index (χ3n) is 5.84. The van der Waals surface area contributed by atoms with Gasteiger partial charge in [0.05, 0.1) is 12.3 Å². The second-order valence-corrected chi connectivity index (χ2v) is 9.77. The first-order valence-corrected chi connectivity index (χ1v) is 12.5. The lowest BCUT2D eigenvalue weighted by molar-refractivity contribution is -0.111. The first kappa shape index (κ1) is 25.0. The van der Waals surface area contributed by atoms with E-state index in [1.54, 1.807) is 18.4 Å². The molecule has 0 unspecified atom stereocenters. The lowest BCUT2D eigenvalue weighted by Gasteiger charge is -2.34. The summed E-state index contributed by atoms with van der Waals surface area (Å²) < 4.78 is 5.22. The highest BCUT2D eigenvalue weighted by Crippen LogP contribution is 2.27. The summed E-state index contributed by atoms with van der Waals surface area (Å²) in [6.07, 6.45) is 3.12. The van der Waals surface area contributed by atoms with E-state index in [9.17, 15) is 4.79 Å². The van der Waals surface area contributed by atoms with Crippen molar-refractivity contribution in [2.45, 2.75) is 13.5 Å². The molecular formula is C26H32N6O2S. The molecule has 0 radical (unpaired) electrons. The van der Waals surface area contributed by atoms with Gasteiger partial charge in [0.2, 0.25) is 5.91 Å². The highest BCUT2D eigenvalue weighted by Gasteiger charge is 2.18. The second kappa shape index (κ2) is 12.0. The molecule has 9 heteroatoms. The molecule has 4 rings (SSSR count). The van der Waals surface area contributed by atoms with Crippen LogP contribution in [0.3, 0.4) is 0 Å². The Bertz CT molecular complexity index is 1160. The van der Waals surface area contributed by atoms with Crippen molar-refractivity contribution >= 4 is 33.9 Å². The van der Waals surface area contributed by atoms with Crippen LogP contribution < -0.4 is 10.6 Å². The lowest BCUT2D eigenvalue weighted by Crippen LogP contribution is -2.46. The van der Waals surface area contributed by atoms with Crippen molar-refractivity contribution in [2.24, 2.45) is 0 Å². The van der Waals surface area contributed by atoms with Crippen LogP contribution in [0.2, 0.25) is 0 Å². The fraction of sp³-hybridized carbons (Fsp3) is 0.346. The van der Waals surface area contributed by atoms with Gasteiger partial charge in [-0.25, -0.2) is 9.97 Å². The Morgan fingerprint density at radius 2 is 2.00 bits per heavy atom. The van der Waals surface area contributed by atoms with E-state index in [1.807, 2.05) is 37.4 Å². The number of ether oxygens (including phenoxy) is 1. The molecule has 1 fully saturated rings. The van der Waals surface area contributed by atoms with Gasteiger partial charge in [-0.05, 0) is 42.8 Å². The van der Waals surface area contributed by atoms with E-state index < -0.39 is 0 Å². The molecule has 1 aromatic carbocycles. The van der Waals surface area contributed by atoms with Gasteiger partial charge in [-0.1, -0.05) is 18.7 Å². The third-order valence-corrected chi connectivity index (χ3v) is 6.66. The summed E-state index contributed by atoms with van der Waals surface area (Å²) in [5.74, 6) is 0.515. The average Bonchev–Trinajstić information content (AvgIpc) is 3.27. The van der Waals surface area contributed by atoms with Crippen LogP contribution in [0.1, 0.15) is 10.4 Å². The molecule has 184 valence electrons. The van der Waals surface area contributed by atoms with E-state index in [-0.39, 0.29) is 5.91 Å². The predicted molar refractivity (Wildman–Crippen MR) is 142 cm³/mol. The number of nitrogens with one attached hydrogen (secondary N) is 2. The molecule has 0 spiro atoms. The van der Waals surface area contributed by atoms with Gasteiger partial charge < -0.3 is 15.4 Å². The number of nitrogens with zero attached hydrogens (tertiary/aromatic N) is 4. The number of aromatic nitrogens is 2. The number of benzene rings is 1. The van der Waals surface area contributed by atoms with Crippen molar-refractivity contribution in [3.8, 4) is 11.3 Å². The van der Waals surface area contributed by atoms with E-state index in [4.69, 9.17) is 9.72 Å². The van der Waals surface area contributed by atoms with Gasteiger partial charge in [-0.2, -0.15) is 0 Å². The minimum atomic E-state index is -0.241. The fourth-order valence-electron chi connectivity index (χ4n) is 4.01. The van der Waals surface area contributed by atoms with Crippen LogP contribution in [0, 0.1) is 6.92 Å². The predicted octanol–water partition coefficient (Wildman–Crippen LogP) is 4.15. The fourth-order valence-corrected chi connectivity index (χ4v) is 4.68. The van der Waals surface area contributed by atoms with Crippen LogP contribution in [-0.4, -0.2) is 72.1 Å². The minimum absolute atomic E-state index is 0.241. The Hall–Kier alpha value is -3.11. The Morgan fingerprint density at radius 3 is 2.71 bits per heavy atom. The summed E-state index contributed by atoms with van der Waals surface area (Å²) in [5.41, 5.74) is 3.65. The molecular weight excluding hydrogens is 460 g/mol. The number of piperazine rings is 1. The summed E-state index contributed by atoms with van der Waals surface area (Å²) in [5, 5.41) is 7.02. The number of rotatable bonds is 10. The smallest absolute Gasteiger partial charge is 0.247 e. The normalized spacial score (nSPS) is 14.6. The summed E-state index contributed by atoms with van der Waals surface area (Å²) >= 11 is 1.60. The van der Waals surface area contributed by atoms with Crippen LogP contribution in [-0.2, 0) is 16.1 Å². The first-order valence-electron chi connectivity index (χ1n) is 11.7. The lowest BCUT2D eigenvalue weighted by atomic mass is 10.1. The maximum atomic E-state index is 11.8. The second-order valence-electron chi connectivity index (χ2n) is 8.53. The summed E-state index contributed by atoms with van der Waals surface area (Å²) in [4.78, 5) is 27.1. The van der Waals surface area contributed by atoms with Gasteiger partial charge in [0.25, 0.3) is 0 Å². The third kappa shape index (κ3) is 7.19. The highest BCUT2D eigenvalue weighted by molar-refractivity contribution is 7.15. The van der Waals surface area contributed by atoms with Gasteiger partial charge in [-0.15, -0.1) is 11.3 Å². The van der Waals surface area contributed by atoms with Crippen molar-refractivity contribution < 1.29 is 9.53 Å². The Labute approximate surface area is 210 Å². The van der Waals surface area contributed by atoms with Crippen LogP contribution in [0.5, 0.6) is 0 Å². The monoisotopic (exact) mass is 492 g/mol. The molecule has 3 aromatic rings. The Kier molecular flexibility index (Phi) is 8.59. The van der Waals surface area contributed by atoms with E-state index in [0.29, 0.717) is 5.69 Å². The van der Waals surface area contributed by atoms with Gasteiger partial charge >= 0.3 is 0 Å². The van der Waals surface area contributed by atoms with Crippen molar-refractivity contribution in [3.63, 3.8) is 0 Å². The molecule has 35 heavy (non-hydrogen) atoms. The number of pyridine rings is 1. The number of hydrogen-bond donors (Lipinski definition) is 2. The van der Waals surface area contributed by atoms with Gasteiger partial charge in [-0.3, -0.25) is 14.6 Å². The molecule has 1 amide bonds. The van der Waals surface area contributed by atoms with E-state index in [2.05, 4.69) is 44.1 Å². The summed E-state index contributed by atoms with van der Waals surface area (Å²) in [7, 11) is 1.75. The van der Waals surface area contributed by atoms with Crippen molar-refractivity contribution in [2.75, 3.05) is 57.1 Å². The van der Waals surface area contributed by atoms with Crippen molar-refractivity contribution in [1.29, 1.82) is 0 Å². The molecule has 0 bridgehead atoms. The molecule has 3 heterocycles. The zero-order chi connectivity index (χ0) is 24.6. The van der Waals surface area contributed by atoms with Crippen molar-refractivity contribution in [3.05, 3.63) is 65.7 Å². The molecule has 1 aliphatic heterocycles. The standard InChI is InChI=1S/C26H32N6O2S/c1-4-25(33)28-22-7-5-6-21(16-22)23-14-20(15-24(29-23)30-26-27-17-19(2)35-26)18-32-10-8-31(9-11-32)12-13-34-3/h4-7,14-17H,1,8-13,18H2,2-3H3,(H,28,33)(H,27,29,30). The number of amides is 1. The Morgan fingerprint density at radius 1 is 1.20 bits per heavy atom. The molecule has 2 aromatic heterocycles. The quantitative estimate of drug-likeness (QED) is 0.412. The molecule has 0 atom stereocenters. The Balaban J connectivity index is 1.56. The van der Waals surface area contributed by atoms with Crippen LogP contribution in [0.25, 0.3) is 11.3 Å². The van der Waals surface area contributed by atoms with E-state index >= 15 is 0 Å². The number of methoxy groups -OCH3 is 1. The molecule has 1 aliphatic rings. The largest absolute Gasteiger partial charge is 0.383 e. The van der Waals surface area contributed by atoms with Crippen LogP contribution in [0.15, 0.2) is 55.3 Å². The van der Waals surface area contributed by atoms with E-state index in [1.165, 1.54) is 11.6 Å². The van der Waals surface area contributed by atoms with Gasteiger partial charge in [0.1, 0.15) is 5.82 Å². The number of anilines is 3. The van der Waals surface area contributed by atoms with E-state index in [0.717, 1.165) is 73.0 Å². The molecule has 2 N–H and O–H groups in total. The molecule has 8 nitrogen and oxygen atoms in total. The molecule has 0 saturated carbocycles. The maximum absolute atomic E-state index is 11.8. The zero-order valence-corrected chi connectivity index (χ0v) is 21.1. The summed E-state index contributed by atoms with van der Waals surface area (Å²) in [6.45, 7) is 12.2. The van der Waals surface area contributed by atoms with Gasteiger partial charge in [0.15, 0.2) is 5.13 Å². The maximum Gasteiger partial charge on any atom is 0.247 e. The SMILES string of the molecule is C=CC(=O)Nc1cccc(-c2cc(CN3CCN(CCOC)CC3)cc(Nc3ncc(C)s3)n2)c1.